The van der Waals surface area contributed by atoms with Crippen LogP contribution < -0.4 is 10.6 Å². The van der Waals surface area contributed by atoms with Crippen LogP contribution >= 0.6 is 0 Å². The summed E-state index contributed by atoms with van der Waals surface area (Å²) in [7, 11) is 0. The molecule has 0 spiro atoms. The van der Waals surface area contributed by atoms with Crippen LogP contribution in [0.5, 0.6) is 0 Å². The van der Waals surface area contributed by atoms with E-state index in [9.17, 15) is 22.8 Å². The second-order valence-electron chi connectivity index (χ2n) is 7.42. The summed E-state index contributed by atoms with van der Waals surface area (Å²) in [6, 6.07) is 2.59. The highest BCUT2D eigenvalue weighted by atomic mass is 19.1. The van der Waals surface area contributed by atoms with E-state index in [1.165, 1.54) is 17.1 Å². The highest BCUT2D eigenvalue weighted by molar-refractivity contribution is 5.91. The first-order valence-electron chi connectivity index (χ1n) is 9.72. The maximum absolute atomic E-state index is 14.5. The Morgan fingerprint density at radius 2 is 1.71 bits per heavy atom. The number of piperidine rings is 1. The number of rotatable bonds is 4. The number of halogens is 3. The molecule has 1 aromatic carbocycles. The first-order chi connectivity index (χ1) is 14.8. The summed E-state index contributed by atoms with van der Waals surface area (Å²) in [6.45, 7) is 0.638. The van der Waals surface area contributed by atoms with Crippen molar-refractivity contribution < 1.29 is 22.8 Å². The van der Waals surface area contributed by atoms with Gasteiger partial charge in [-0.05, 0) is 30.5 Å². The molecule has 1 unspecified atom stereocenters. The Labute approximate surface area is 175 Å². The van der Waals surface area contributed by atoms with Crippen molar-refractivity contribution in [3.63, 3.8) is 0 Å². The van der Waals surface area contributed by atoms with Crippen molar-refractivity contribution in [3.8, 4) is 0 Å². The molecule has 11 heteroatoms. The van der Waals surface area contributed by atoms with Gasteiger partial charge >= 0.3 is 0 Å². The Balaban J connectivity index is 1.45. The Hall–Kier alpha value is -3.50. The van der Waals surface area contributed by atoms with Crippen molar-refractivity contribution in [2.75, 3.05) is 18.0 Å². The van der Waals surface area contributed by atoms with Crippen LogP contribution in [-0.2, 0) is 4.79 Å². The van der Waals surface area contributed by atoms with Gasteiger partial charge in [0, 0.05) is 37.7 Å². The lowest BCUT2D eigenvalue weighted by Gasteiger charge is -2.34. The van der Waals surface area contributed by atoms with E-state index in [0.717, 1.165) is 12.4 Å². The van der Waals surface area contributed by atoms with E-state index in [1.54, 1.807) is 11.1 Å². The highest BCUT2D eigenvalue weighted by Crippen LogP contribution is 2.33. The van der Waals surface area contributed by atoms with E-state index in [0.29, 0.717) is 37.9 Å². The number of nitrogens with two attached hydrogens (primary N) is 1. The molecule has 0 saturated carbocycles. The molecule has 31 heavy (non-hydrogen) atoms. The molecule has 2 aromatic rings. The molecule has 1 fully saturated rings. The molecule has 2 N–H and O–H groups in total. The number of amides is 2. The van der Waals surface area contributed by atoms with Crippen LogP contribution in [0.2, 0.25) is 0 Å². The highest BCUT2D eigenvalue weighted by Gasteiger charge is 2.36. The molecule has 8 nitrogen and oxygen atoms in total. The van der Waals surface area contributed by atoms with Gasteiger partial charge in [-0.15, -0.1) is 0 Å². The average molecular weight is 432 g/mol. The van der Waals surface area contributed by atoms with E-state index >= 15 is 0 Å². The number of carbonyl (C=O) groups is 2. The summed E-state index contributed by atoms with van der Waals surface area (Å²) in [5.41, 5.74) is 4.98. The van der Waals surface area contributed by atoms with Gasteiger partial charge in [-0.1, -0.05) is 0 Å². The molecule has 2 amide bonds. The average Bonchev–Trinajstić information content (AvgIpc) is 3.23. The zero-order valence-corrected chi connectivity index (χ0v) is 16.3. The molecule has 1 atom stereocenters. The van der Waals surface area contributed by atoms with Gasteiger partial charge in [0.05, 0.1) is 6.04 Å². The van der Waals surface area contributed by atoms with Gasteiger partial charge in [0.1, 0.15) is 18.0 Å². The number of primary amides is 1. The summed E-state index contributed by atoms with van der Waals surface area (Å²) in [5.74, 6) is -4.01. The van der Waals surface area contributed by atoms with E-state index in [2.05, 4.69) is 15.1 Å². The normalized spacial score (nSPS) is 19.1. The van der Waals surface area contributed by atoms with Gasteiger partial charge in [0.15, 0.2) is 17.3 Å². The fourth-order valence-electron chi connectivity index (χ4n) is 3.95. The van der Waals surface area contributed by atoms with Crippen LogP contribution in [0.25, 0.3) is 0 Å². The largest absolute Gasteiger partial charge is 0.364 e. The molecular weight excluding hydrogens is 413 g/mol. The number of nitrogens with zero attached hydrogens (tertiary/aromatic N) is 5. The summed E-state index contributed by atoms with van der Waals surface area (Å²) in [5, 5.41) is 5.39. The molecule has 4 rings (SSSR count). The SMILES string of the molecule is NC(=O)c1ncnc(N2CCC(C(=O)N3N=CCC3c3cc(F)cc(F)c3)CC2)c1F. The molecule has 1 saturated heterocycles. The summed E-state index contributed by atoms with van der Waals surface area (Å²) in [6.07, 6.45) is 3.75. The standard InChI is InChI=1S/C20H19F3N6O2/c21-13-7-12(8-14(22)9-13)15-1-4-27-29(15)20(31)11-2-5-28(6-3-11)19-16(23)17(18(24)30)25-10-26-19/h4,7-11,15H,1-3,5-6H2,(H2,24,30). The van der Waals surface area contributed by atoms with Gasteiger partial charge in [0.25, 0.3) is 5.91 Å². The minimum absolute atomic E-state index is 0.0398. The topological polar surface area (TPSA) is 105 Å². The number of aromatic nitrogens is 2. The third-order valence-corrected chi connectivity index (χ3v) is 5.47. The van der Waals surface area contributed by atoms with Gasteiger partial charge in [-0.25, -0.2) is 28.1 Å². The van der Waals surface area contributed by atoms with E-state index in [-0.39, 0.29) is 11.7 Å². The van der Waals surface area contributed by atoms with Crippen molar-refractivity contribution in [1.82, 2.24) is 15.0 Å². The van der Waals surface area contributed by atoms with Crippen molar-refractivity contribution in [1.29, 1.82) is 0 Å². The number of hydrogen-bond donors (Lipinski definition) is 1. The number of carbonyl (C=O) groups excluding carboxylic acids is 2. The lowest BCUT2D eigenvalue weighted by Crippen LogP contribution is -2.42. The Kier molecular flexibility index (Phi) is 5.57. The molecule has 1 aromatic heterocycles. The van der Waals surface area contributed by atoms with Crippen molar-refractivity contribution in [2.45, 2.75) is 25.3 Å². The zero-order valence-electron chi connectivity index (χ0n) is 16.3. The van der Waals surface area contributed by atoms with Gasteiger partial charge in [-0.2, -0.15) is 5.10 Å². The smallest absolute Gasteiger partial charge is 0.270 e. The molecule has 0 bridgehead atoms. The number of hydrogen-bond acceptors (Lipinski definition) is 6. The maximum Gasteiger partial charge on any atom is 0.270 e. The summed E-state index contributed by atoms with van der Waals surface area (Å²) < 4.78 is 41.7. The predicted molar refractivity (Wildman–Crippen MR) is 104 cm³/mol. The van der Waals surface area contributed by atoms with E-state index in [1.807, 2.05) is 0 Å². The Morgan fingerprint density at radius 3 is 2.35 bits per heavy atom. The van der Waals surface area contributed by atoms with E-state index in [4.69, 9.17) is 5.73 Å². The van der Waals surface area contributed by atoms with Crippen LogP contribution in [0.3, 0.4) is 0 Å². The second kappa shape index (κ2) is 8.32. The lowest BCUT2D eigenvalue weighted by molar-refractivity contribution is -0.138. The van der Waals surface area contributed by atoms with Crippen molar-refractivity contribution >= 4 is 23.8 Å². The van der Waals surface area contributed by atoms with E-state index < -0.39 is 41.0 Å². The maximum atomic E-state index is 14.5. The fourth-order valence-corrected chi connectivity index (χ4v) is 3.95. The lowest BCUT2D eigenvalue weighted by atomic mass is 9.94. The minimum Gasteiger partial charge on any atom is -0.364 e. The Bertz CT molecular complexity index is 1030. The van der Waals surface area contributed by atoms with Crippen LogP contribution in [-0.4, -0.2) is 46.1 Å². The molecule has 162 valence electrons. The van der Waals surface area contributed by atoms with Gasteiger partial charge < -0.3 is 10.6 Å². The Morgan fingerprint density at radius 1 is 1.03 bits per heavy atom. The quantitative estimate of drug-likeness (QED) is 0.797. The summed E-state index contributed by atoms with van der Waals surface area (Å²) >= 11 is 0. The second-order valence-corrected chi connectivity index (χ2v) is 7.42. The van der Waals surface area contributed by atoms with Crippen molar-refractivity contribution in [3.05, 3.63) is 53.2 Å². The first kappa shape index (κ1) is 20.8. The van der Waals surface area contributed by atoms with Crippen LogP contribution in [0.1, 0.15) is 41.4 Å². The molecule has 0 radical (unpaired) electrons. The molecule has 2 aliphatic rings. The third kappa shape index (κ3) is 4.07. The first-order valence-corrected chi connectivity index (χ1v) is 9.72. The van der Waals surface area contributed by atoms with Gasteiger partial charge in [-0.3, -0.25) is 9.59 Å². The molecule has 0 aliphatic carbocycles. The fraction of sp³-hybridized carbons (Fsp3) is 0.350. The molecule has 3 heterocycles. The van der Waals surface area contributed by atoms with Crippen LogP contribution in [0.15, 0.2) is 29.6 Å². The number of benzene rings is 1. The number of hydrazone groups is 1. The number of anilines is 1. The van der Waals surface area contributed by atoms with Crippen LogP contribution in [0, 0.1) is 23.4 Å². The summed E-state index contributed by atoms with van der Waals surface area (Å²) in [4.78, 5) is 33.4. The minimum atomic E-state index is -0.988. The molecular formula is C20H19F3N6O2. The third-order valence-electron chi connectivity index (χ3n) is 5.47. The van der Waals surface area contributed by atoms with Crippen molar-refractivity contribution in [2.24, 2.45) is 16.8 Å². The van der Waals surface area contributed by atoms with Crippen LogP contribution in [0.4, 0.5) is 19.0 Å². The molecule has 2 aliphatic heterocycles. The zero-order chi connectivity index (χ0) is 22.1. The monoisotopic (exact) mass is 432 g/mol. The predicted octanol–water partition coefficient (Wildman–Crippen LogP) is 2.17. The van der Waals surface area contributed by atoms with Gasteiger partial charge in [0.2, 0.25) is 5.91 Å².